The SMILES string of the molecule is CN1CCN(C(=O)c2ccccc2NC(=O)c2ccncc2)CC1. The zero-order valence-electron chi connectivity index (χ0n) is 13.6. The molecule has 0 radical (unpaired) electrons. The standard InChI is InChI=1S/C18H20N4O2/c1-21-10-12-22(13-11-21)18(24)15-4-2-3-5-16(15)20-17(23)14-6-8-19-9-7-14/h2-9H,10-13H2,1H3,(H,20,23). The van der Waals surface area contributed by atoms with E-state index < -0.39 is 0 Å². The molecule has 2 aromatic rings. The molecule has 1 saturated heterocycles. The van der Waals surface area contributed by atoms with Gasteiger partial charge in [-0.3, -0.25) is 14.6 Å². The molecule has 3 rings (SSSR count). The molecule has 1 aromatic carbocycles. The fourth-order valence-corrected chi connectivity index (χ4v) is 2.66. The summed E-state index contributed by atoms with van der Waals surface area (Å²) in [6, 6.07) is 10.4. The predicted octanol–water partition coefficient (Wildman–Crippen LogP) is 1.72. The second-order valence-electron chi connectivity index (χ2n) is 5.83. The molecular weight excluding hydrogens is 304 g/mol. The van der Waals surface area contributed by atoms with Gasteiger partial charge in [0.15, 0.2) is 0 Å². The summed E-state index contributed by atoms with van der Waals surface area (Å²) in [6.45, 7) is 3.11. The number of amides is 2. The fraction of sp³-hybridized carbons (Fsp3) is 0.278. The number of benzene rings is 1. The highest BCUT2D eigenvalue weighted by molar-refractivity contribution is 6.08. The minimum atomic E-state index is -0.254. The molecule has 0 atom stereocenters. The molecule has 6 nitrogen and oxygen atoms in total. The maximum atomic E-state index is 12.8. The lowest BCUT2D eigenvalue weighted by molar-refractivity contribution is 0.0665. The van der Waals surface area contributed by atoms with Crippen molar-refractivity contribution in [2.45, 2.75) is 0 Å². The van der Waals surface area contributed by atoms with Crippen molar-refractivity contribution in [1.29, 1.82) is 0 Å². The maximum absolute atomic E-state index is 12.8. The van der Waals surface area contributed by atoms with Crippen LogP contribution in [0.1, 0.15) is 20.7 Å². The highest BCUT2D eigenvalue weighted by atomic mass is 16.2. The molecular formula is C18H20N4O2. The summed E-state index contributed by atoms with van der Waals surface area (Å²) < 4.78 is 0. The molecule has 0 saturated carbocycles. The van der Waals surface area contributed by atoms with Crippen LogP contribution >= 0.6 is 0 Å². The highest BCUT2D eigenvalue weighted by Crippen LogP contribution is 2.19. The van der Waals surface area contributed by atoms with E-state index in [1.165, 1.54) is 0 Å². The maximum Gasteiger partial charge on any atom is 0.256 e. The summed E-state index contributed by atoms with van der Waals surface area (Å²) in [7, 11) is 2.05. The lowest BCUT2D eigenvalue weighted by atomic mass is 10.1. The lowest BCUT2D eigenvalue weighted by Crippen LogP contribution is -2.47. The van der Waals surface area contributed by atoms with Crippen LogP contribution in [0.25, 0.3) is 0 Å². The van der Waals surface area contributed by atoms with Gasteiger partial charge in [0, 0.05) is 44.1 Å². The Labute approximate surface area is 141 Å². The molecule has 2 heterocycles. The number of anilines is 1. The van der Waals surface area contributed by atoms with Crippen LogP contribution in [0, 0.1) is 0 Å². The number of piperazine rings is 1. The molecule has 1 fully saturated rings. The van der Waals surface area contributed by atoms with Gasteiger partial charge in [-0.05, 0) is 31.3 Å². The van der Waals surface area contributed by atoms with E-state index in [-0.39, 0.29) is 11.8 Å². The van der Waals surface area contributed by atoms with E-state index in [2.05, 4.69) is 15.2 Å². The van der Waals surface area contributed by atoms with Crippen LogP contribution < -0.4 is 5.32 Å². The zero-order chi connectivity index (χ0) is 16.9. The normalized spacial score (nSPS) is 15.1. The van der Waals surface area contributed by atoms with Crippen molar-refractivity contribution in [2.75, 3.05) is 38.5 Å². The first-order valence-corrected chi connectivity index (χ1v) is 7.93. The molecule has 6 heteroatoms. The van der Waals surface area contributed by atoms with E-state index in [1.54, 1.807) is 36.7 Å². The van der Waals surface area contributed by atoms with E-state index in [0.29, 0.717) is 29.9 Å². The van der Waals surface area contributed by atoms with Crippen LogP contribution in [0.15, 0.2) is 48.8 Å². The average Bonchev–Trinajstić information content (AvgIpc) is 2.63. The van der Waals surface area contributed by atoms with Crippen LogP contribution in [0.4, 0.5) is 5.69 Å². The van der Waals surface area contributed by atoms with Crippen molar-refractivity contribution in [3.05, 3.63) is 59.9 Å². The Bertz CT molecular complexity index is 725. The minimum Gasteiger partial charge on any atom is -0.336 e. The number of pyridine rings is 1. The van der Waals surface area contributed by atoms with Gasteiger partial charge < -0.3 is 15.1 Å². The van der Waals surface area contributed by atoms with Crippen molar-refractivity contribution >= 4 is 17.5 Å². The van der Waals surface area contributed by atoms with Gasteiger partial charge >= 0.3 is 0 Å². The van der Waals surface area contributed by atoms with Crippen molar-refractivity contribution in [3.8, 4) is 0 Å². The monoisotopic (exact) mass is 324 g/mol. The number of nitrogens with one attached hydrogen (secondary N) is 1. The van der Waals surface area contributed by atoms with Gasteiger partial charge in [-0.2, -0.15) is 0 Å². The Morgan fingerprint density at radius 1 is 1.00 bits per heavy atom. The molecule has 1 aliphatic heterocycles. The number of likely N-dealkylation sites (N-methyl/N-ethyl adjacent to an activating group) is 1. The van der Waals surface area contributed by atoms with E-state index in [4.69, 9.17) is 0 Å². The van der Waals surface area contributed by atoms with Gasteiger partial charge in [0.2, 0.25) is 0 Å². The van der Waals surface area contributed by atoms with Gasteiger partial charge in [0.25, 0.3) is 11.8 Å². The van der Waals surface area contributed by atoms with Gasteiger partial charge in [-0.15, -0.1) is 0 Å². The van der Waals surface area contributed by atoms with Crippen LogP contribution in [0.2, 0.25) is 0 Å². The number of nitrogens with zero attached hydrogens (tertiary/aromatic N) is 3. The molecule has 1 N–H and O–H groups in total. The number of para-hydroxylation sites is 1. The average molecular weight is 324 g/mol. The first-order valence-electron chi connectivity index (χ1n) is 7.93. The molecule has 124 valence electrons. The Morgan fingerprint density at radius 2 is 1.67 bits per heavy atom. The van der Waals surface area contributed by atoms with Crippen molar-refractivity contribution in [1.82, 2.24) is 14.8 Å². The van der Waals surface area contributed by atoms with Crippen molar-refractivity contribution < 1.29 is 9.59 Å². The third-order valence-corrected chi connectivity index (χ3v) is 4.14. The Balaban J connectivity index is 1.78. The van der Waals surface area contributed by atoms with Gasteiger partial charge in [-0.1, -0.05) is 12.1 Å². The third kappa shape index (κ3) is 3.60. The minimum absolute atomic E-state index is 0.0475. The third-order valence-electron chi connectivity index (χ3n) is 4.14. The molecule has 1 aromatic heterocycles. The number of rotatable bonds is 3. The first-order chi connectivity index (χ1) is 11.6. The molecule has 2 amide bonds. The quantitative estimate of drug-likeness (QED) is 0.934. The number of carbonyl (C=O) groups is 2. The second-order valence-corrected chi connectivity index (χ2v) is 5.83. The van der Waals surface area contributed by atoms with Crippen LogP contribution in [-0.4, -0.2) is 59.8 Å². The van der Waals surface area contributed by atoms with Gasteiger partial charge in [-0.25, -0.2) is 0 Å². The molecule has 0 spiro atoms. The van der Waals surface area contributed by atoms with Crippen molar-refractivity contribution in [2.24, 2.45) is 0 Å². The Hall–Kier alpha value is -2.73. The highest BCUT2D eigenvalue weighted by Gasteiger charge is 2.22. The topological polar surface area (TPSA) is 65.5 Å². The number of hydrogen-bond donors (Lipinski definition) is 1. The first kappa shape index (κ1) is 16.1. The summed E-state index contributed by atoms with van der Waals surface area (Å²) in [4.78, 5) is 33.1. The van der Waals surface area contributed by atoms with E-state index in [1.807, 2.05) is 24.1 Å². The molecule has 24 heavy (non-hydrogen) atoms. The number of carbonyl (C=O) groups excluding carboxylic acids is 2. The zero-order valence-corrected chi connectivity index (χ0v) is 13.6. The smallest absolute Gasteiger partial charge is 0.256 e. The van der Waals surface area contributed by atoms with E-state index in [9.17, 15) is 9.59 Å². The van der Waals surface area contributed by atoms with Gasteiger partial charge in [0.05, 0.1) is 11.3 Å². The predicted molar refractivity (Wildman–Crippen MR) is 92.0 cm³/mol. The number of hydrogen-bond acceptors (Lipinski definition) is 4. The molecule has 0 unspecified atom stereocenters. The summed E-state index contributed by atoms with van der Waals surface area (Å²) in [6.07, 6.45) is 3.13. The van der Waals surface area contributed by atoms with Crippen LogP contribution in [0.3, 0.4) is 0 Å². The van der Waals surface area contributed by atoms with Crippen LogP contribution in [-0.2, 0) is 0 Å². The second kappa shape index (κ2) is 7.23. The fourth-order valence-electron chi connectivity index (χ4n) is 2.66. The largest absolute Gasteiger partial charge is 0.336 e. The van der Waals surface area contributed by atoms with Gasteiger partial charge in [0.1, 0.15) is 0 Å². The van der Waals surface area contributed by atoms with Crippen molar-refractivity contribution in [3.63, 3.8) is 0 Å². The lowest BCUT2D eigenvalue weighted by Gasteiger charge is -2.32. The van der Waals surface area contributed by atoms with Crippen LogP contribution in [0.5, 0.6) is 0 Å². The molecule has 0 bridgehead atoms. The summed E-state index contributed by atoms with van der Waals surface area (Å²) in [5, 5.41) is 2.83. The summed E-state index contributed by atoms with van der Waals surface area (Å²) in [5.41, 5.74) is 1.56. The molecule has 0 aliphatic carbocycles. The summed E-state index contributed by atoms with van der Waals surface area (Å²) >= 11 is 0. The summed E-state index contributed by atoms with van der Waals surface area (Å²) in [5.74, 6) is -0.301. The molecule has 1 aliphatic rings. The Morgan fingerprint density at radius 3 is 2.38 bits per heavy atom. The Kier molecular flexibility index (Phi) is 4.86. The van der Waals surface area contributed by atoms with E-state index in [0.717, 1.165) is 13.1 Å². The van der Waals surface area contributed by atoms with E-state index >= 15 is 0 Å². The number of aromatic nitrogens is 1.